The first-order valence-electron chi connectivity index (χ1n) is 6.45. The van der Waals surface area contributed by atoms with E-state index in [0.717, 1.165) is 19.0 Å². The van der Waals surface area contributed by atoms with E-state index in [-0.39, 0.29) is 0 Å². The van der Waals surface area contributed by atoms with Crippen LogP contribution in [0.2, 0.25) is 0 Å². The van der Waals surface area contributed by atoms with Gasteiger partial charge in [0.15, 0.2) is 0 Å². The Kier molecular flexibility index (Phi) is 4.42. The van der Waals surface area contributed by atoms with E-state index >= 15 is 0 Å². The molecule has 2 N–H and O–H groups in total. The molecule has 1 heterocycles. The van der Waals surface area contributed by atoms with Gasteiger partial charge in [0.25, 0.3) is 0 Å². The minimum absolute atomic E-state index is 0.301. The fraction of sp³-hybridized carbons (Fsp3) is 1.00. The molecule has 0 amide bonds. The van der Waals surface area contributed by atoms with Crippen LogP contribution in [0.4, 0.5) is 0 Å². The molecule has 1 unspecified atom stereocenters. The van der Waals surface area contributed by atoms with E-state index in [9.17, 15) is 0 Å². The second-order valence-corrected chi connectivity index (χ2v) is 5.07. The number of aliphatic hydroxyl groups excluding tert-OH is 1. The number of nitrogens with zero attached hydrogens (tertiary/aromatic N) is 1. The van der Waals surface area contributed by atoms with E-state index in [0.29, 0.717) is 12.6 Å². The minimum atomic E-state index is 0.301. The number of β-amino-alcohol motifs (C(OH)–C–C–N with tert-alkyl or cyclic N) is 1. The number of nitrogens with one attached hydrogen (secondary N) is 1. The summed E-state index contributed by atoms with van der Waals surface area (Å²) in [7, 11) is 0. The first-order valence-corrected chi connectivity index (χ1v) is 6.45. The van der Waals surface area contributed by atoms with Gasteiger partial charge in [0.1, 0.15) is 0 Å². The normalized spacial score (nSPS) is 29.0. The number of likely N-dealkylation sites (tertiary alicyclic amines) is 1. The van der Waals surface area contributed by atoms with Crippen molar-refractivity contribution in [1.29, 1.82) is 0 Å². The maximum absolute atomic E-state index is 8.91. The molecule has 1 atom stereocenters. The van der Waals surface area contributed by atoms with Crippen LogP contribution >= 0.6 is 0 Å². The maximum Gasteiger partial charge on any atom is 0.0558 e. The Hall–Kier alpha value is -0.120. The van der Waals surface area contributed by atoms with Crippen LogP contribution in [-0.2, 0) is 0 Å². The third-order valence-electron chi connectivity index (χ3n) is 3.84. The monoisotopic (exact) mass is 212 g/mol. The third-order valence-corrected chi connectivity index (χ3v) is 3.84. The molecule has 0 aromatic carbocycles. The summed E-state index contributed by atoms with van der Waals surface area (Å²) in [4.78, 5) is 2.38. The van der Waals surface area contributed by atoms with Crippen molar-refractivity contribution in [2.45, 2.75) is 38.1 Å². The Balaban J connectivity index is 1.63. The lowest BCUT2D eigenvalue weighted by atomic mass is 9.85. The predicted octanol–water partition coefficient (Wildman–Crippen LogP) is 0.833. The Morgan fingerprint density at radius 1 is 1.20 bits per heavy atom. The van der Waals surface area contributed by atoms with Gasteiger partial charge in [-0.15, -0.1) is 0 Å². The van der Waals surface area contributed by atoms with Crippen molar-refractivity contribution >= 4 is 0 Å². The molecule has 88 valence electrons. The van der Waals surface area contributed by atoms with Crippen molar-refractivity contribution in [1.82, 2.24) is 10.2 Å². The summed E-state index contributed by atoms with van der Waals surface area (Å²) in [6.45, 7) is 4.67. The predicted molar refractivity (Wildman–Crippen MR) is 61.9 cm³/mol. The summed E-state index contributed by atoms with van der Waals surface area (Å²) in [5.41, 5.74) is 0. The molecule has 0 spiro atoms. The largest absolute Gasteiger partial charge is 0.395 e. The first-order chi connectivity index (χ1) is 7.38. The topological polar surface area (TPSA) is 35.5 Å². The van der Waals surface area contributed by atoms with Crippen LogP contribution in [0.5, 0.6) is 0 Å². The molecule has 2 rings (SSSR count). The second kappa shape index (κ2) is 5.83. The fourth-order valence-electron chi connectivity index (χ4n) is 2.60. The molecule has 1 aliphatic heterocycles. The Bertz CT molecular complexity index is 180. The van der Waals surface area contributed by atoms with E-state index in [1.165, 1.54) is 45.2 Å². The molecule has 15 heavy (non-hydrogen) atoms. The van der Waals surface area contributed by atoms with Crippen LogP contribution in [0.1, 0.15) is 32.1 Å². The molecule has 3 nitrogen and oxygen atoms in total. The molecular formula is C12H24N2O. The van der Waals surface area contributed by atoms with Gasteiger partial charge in [-0.2, -0.15) is 0 Å². The Morgan fingerprint density at radius 3 is 2.73 bits per heavy atom. The van der Waals surface area contributed by atoms with Crippen molar-refractivity contribution in [3.8, 4) is 0 Å². The van der Waals surface area contributed by atoms with Crippen LogP contribution < -0.4 is 5.32 Å². The zero-order valence-electron chi connectivity index (χ0n) is 9.62. The van der Waals surface area contributed by atoms with Crippen LogP contribution in [0.15, 0.2) is 0 Å². The second-order valence-electron chi connectivity index (χ2n) is 5.07. The van der Waals surface area contributed by atoms with Gasteiger partial charge in [0.2, 0.25) is 0 Å². The average Bonchev–Trinajstić information content (AvgIpc) is 2.16. The molecule has 2 fully saturated rings. The summed E-state index contributed by atoms with van der Waals surface area (Å²) in [5, 5.41) is 12.6. The number of piperidine rings is 1. The van der Waals surface area contributed by atoms with Gasteiger partial charge in [0, 0.05) is 19.1 Å². The van der Waals surface area contributed by atoms with Gasteiger partial charge < -0.3 is 10.4 Å². The standard InChI is InChI=1S/C12H24N2O/c15-8-7-14-6-2-5-12(10-14)13-9-11-3-1-4-11/h11-13,15H,1-10H2. The summed E-state index contributed by atoms with van der Waals surface area (Å²) < 4.78 is 0. The molecule has 3 heteroatoms. The molecule has 1 saturated carbocycles. The van der Waals surface area contributed by atoms with E-state index in [1.807, 2.05) is 0 Å². The van der Waals surface area contributed by atoms with Crippen molar-refractivity contribution in [3.63, 3.8) is 0 Å². The SMILES string of the molecule is OCCN1CCCC(NCC2CCC2)C1. The lowest BCUT2D eigenvalue weighted by molar-refractivity contribution is 0.146. The van der Waals surface area contributed by atoms with Gasteiger partial charge >= 0.3 is 0 Å². The smallest absolute Gasteiger partial charge is 0.0558 e. The van der Waals surface area contributed by atoms with Crippen molar-refractivity contribution in [2.75, 3.05) is 32.8 Å². The van der Waals surface area contributed by atoms with Gasteiger partial charge in [-0.1, -0.05) is 6.42 Å². The zero-order valence-corrected chi connectivity index (χ0v) is 9.62. The maximum atomic E-state index is 8.91. The molecule has 0 bridgehead atoms. The van der Waals surface area contributed by atoms with Gasteiger partial charge in [0.05, 0.1) is 6.61 Å². The average molecular weight is 212 g/mol. The van der Waals surface area contributed by atoms with Crippen LogP contribution in [0.25, 0.3) is 0 Å². The van der Waals surface area contributed by atoms with E-state index in [4.69, 9.17) is 5.11 Å². The van der Waals surface area contributed by atoms with Gasteiger partial charge in [-0.25, -0.2) is 0 Å². The molecule has 0 aromatic rings. The van der Waals surface area contributed by atoms with Gasteiger partial charge in [-0.05, 0) is 44.7 Å². The summed E-state index contributed by atoms with van der Waals surface area (Å²) in [5.74, 6) is 0.957. The van der Waals surface area contributed by atoms with E-state index in [1.54, 1.807) is 0 Å². The highest BCUT2D eigenvalue weighted by molar-refractivity contribution is 4.80. The summed E-state index contributed by atoms with van der Waals surface area (Å²) in [6.07, 6.45) is 6.89. The van der Waals surface area contributed by atoms with E-state index < -0.39 is 0 Å². The Labute approximate surface area is 92.8 Å². The Morgan fingerprint density at radius 2 is 2.07 bits per heavy atom. The third kappa shape index (κ3) is 3.44. The van der Waals surface area contributed by atoms with E-state index in [2.05, 4.69) is 10.2 Å². The highest BCUT2D eigenvalue weighted by Crippen LogP contribution is 2.25. The lowest BCUT2D eigenvalue weighted by Gasteiger charge is -2.35. The fourth-order valence-corrected chi connectivity index (χ4v) is 2.60. The number of aliphatic hydroxyl groups is 1. The van der Waals surface area contributed by atoms with Crippen molar-refractivity contribution in [3.05, 3.63) is 0 Å². The van der Waals surface area contributed by atoms with Crippen molar-refractivity contribution < 1.29 is 5.11 Å². The summed E-state index contributed by atoms with van der Waals surface area (Å²) in [6, 6.07) is 0.672. The molecular weight excluding hydrogens is 188 g/mol. The zero-order chi connectivity index (χ0) is 10.5. The summed E-state index contributed by atoms with van der Waals surface area (Å²) >= 11 is 0. The molecule has 0 aromatic heterocycles. The number of hydrogen-bond donors (Lipinski definition) is 2. The van der Waals surface area contributed by atoms with Crippen LogP contribution in [0.3, 0.4) is 0 Å². The molecule has 1 saturated heterocycles. The highest BCUT2D eigenvalue weighted by atomic mass is 16.3. The van der Waals surface area contributed by atoms with Crippen molar-refractivity contribution in [2.24, 2.45) is 5.92 Å². The van der Waals surface area contributed by atoms with Crippen LogP contribution in [-0.4, -0.2) is 48.8 Å². The molecule has 2 aliphatic rings. The molecule has 1 aliphatic carbocycles. The number of rotatable bonds is 5. The molecule has 0 radical (unpaired) electrons. The minimum Gasteiger partial charge on any atom is -0.395 e. The lowest BCUT2D eigenvalue weighted by Crippen LogP contribution is -2.48. The highest BCUT2D eigenvalue weighted by Gasteiger charge is 2.22. The van der Waals surface area contributed by atoms with Gasteiger partial charge in [-0.3, -0.25) is 4.90 Å². The quantitative estimate of drug-likeness (QED) is 0.708. The number of hydrogen-bond acceptors (Lipinski definition) is 3. The van der Waals surface area contributed by atoms with Crippen LogP contribution in [0, 0.1) is 5.92 Å². The first kappa shape index (κ1) is 11.4.